The van der Waals surface area contributed by atoms with Gasteiger partial charge in [0, 0.05) is 32.3 Å². The number of aliphatic hydroxyl groups is 1. The Kier molecular flexibility index (Phi) is 6.21. The highest BCUT2D eigenvalue weighted by molar-refractivity contribution is 7.57. The third-order valence-electron chi connectivity index (χ3n) is 1.67. The highest BCUT2D eigenvalue weighted by Crippen LogP contribution is 2.35. The summed E-state index contributed by atoms with van der Waals surface area (Å²) in [5.41, 5.74) is 0. The van der Waals surface area contributed by atoms with Crippen molar-refractivity contribution >= 4 is 13.2 Å². The van der Waals surface area contributed by atoms with E-state index in [-0.39, 0.29) is 25.0 Å². The minimum absolute atomic E-state index is 0.00424. The van der Waals surface area contributed by atoms with Gasteiger partial charge in [0.15, 0.2) is 7.37 Å². The van der Waals surface area contributed by atoms with Gasteiger partial charge in [0.2, 0.25) is 0 Å². The maximum absolute atomic E-state index is 11.1. The number of carbonyl (C=O) groups is 1. The third kappa shape index (κ3) is 9.74. The number of carbonyl (C=O) groups excluding carboxylic acids is 1. The first-order valence-electron chi connectivity index (χ1n) is 4.37. The molecule has 1 atom stereocenters. The molecule has 0 heterocycles. The van der Waals surface area contributed by atoms with Gasteiger partial charge in [-0.2, -0.15) is 0 Å². The number of hydrogen-bond donors (Lipinski definition) is 2. The SMILES string of the molecule is CP(=O)(O)CCC(=O)CCCCO. The lowest BCUT2D eigenvalue weighted by Crippen LogP contribution is -2.01. The highest BCUT2D eigenvalue weighted by Gasteiger charge is 2.12. The van der Waals surface area contributed by atoms with Gasteiger partial charge in [0.25, 0.3) is 0 Å². The van der Waals surface area contributed by atoms with Gasteiger partial charge in [0.1, 0.15) is 5.78 Å². The van der Waals surface area contributed by atoms with Crippen LogP contribution in [0.4, 0.5) is 0 Å². The summed E-state index contributed by atoms with van der Waals surface area (Å²) >= 11 is 0. The highest BCUT2D eigenvalue weighted by atomic mass is 31.2. The number of unbranched alkanes of at least 4 members (excludes halogenated alkanes) is 1. The quantitative estimate of drug-likeness (QED) is 0.483. The molecule has 0 aliphatic carbocycles. The fourth-order valence-electron chi connectivity index (χ4n) is 0.891. The molecule has 0 radical (unpaired) electrons. The summed E-state index contributed by atoms with van der Waals surface area (Å²) in [6, 6.07) is 0. The number of aliphatic hydroxyl groups excluding tert-OH is 1. The van der Waals surface area contributed by atoms with Crippen LogP contribution in [0.15, 0.2) is 0 Å². The lowest BCUT2D eigenvalue weighted by molar-refractivity contribution is -0.118. The van der Waals surface area contributed by atoms with Crippen LogP contribution in [0, 0.1) is 0 Å². The van der Waals surface area contributed by atoms with Gasteiger partial charge in [-0.3, -0.25) is 9.36 Å². The van der Waals surface area contributed by atoms with Gasteiger partial charge in [-0.25, -0.2) is 0 Å². The molecule has 0 fully saturated rings. The molecule has 0 aromatic carbocycles. The maximum Gasteiger partial charge on any atom is 0.198 e. The van der Waals surface area contributed by atoms with Crippen LogP contribution in [0.3, 0.4) is 0 Å². The molecular weight excluding hydrogens is 191 g/mol. The molecule has 0 spiro atoms. The summed E-state index contributed by atoms with van der Waals surface area (Å²) in [6.07, 6.45) is 1.94. The van der Waals surface area contributed by atoms with Gasteiger partial charge in [-0.1, -0.05) is 0 Å². The molecule has 0 amide bonds. The molecule has 13 heavy (non-hydrogen) atoms. The minimum Gasteiger partial charge on any atom is -0.396 e. The van der Waals surface area contributed by atoms with E-state index < -0.39 is 7.37 Å². The van der Waals surface area contributed by atoms with Crippen LogP contribution in [0.25, 0.3) is 0 Å². The molecular formula is C8H17O4P. The monoisotopic (exact) mass is 208 g/mol. The number of Topliss-reactive ketones (excluding diaryl/α,β-unsaturated/α-hetero) is 1. The summed E-state index contributed by atoms with van der Waals surface area (Å²) < 4.78 is 10.8. The normalized spacial score (nSPS) is 15.3. The van der Waals surface area contributed by atoms with Crippen molar-refractivity contribution in [1.82, 2.24) is 0 Å². The fourth-order valence-corrected chi connectivity index (χ4v) is 1.56. The van der Waals surface area contributed by atoms with Crippen molar-refractivity contribution in [2.75, 3.05) is 19.4 Å². The second kappa shape index (κ2) is 6.30. The van der Waals surface area contributed by atoms with E-state index in [2.05, 4.69) is 0 Å². The Hall–Kier alpha value is -0.180. The fraction of sp³-hybridized carbons (Fsp3) is 0.875. The van der Waals surface area contributed by atoms with E-state index in [0.29, 0.717) is 19.3 Å². The second-order valence-electron chi connectivity index (χ2n) is 3.24. The minimum atomic E-state index is -3.03. The van der Waals surface area contributed by atoms with Crippen LogP contribution in [-0.4, -0.2) is 35.2 Å². The zero-order chi connectivity index (χ0) is 10.3. The Morgan fingerprint density at radius 2 is 1.92 bits per heavy atom. The first kappa shape index (κ1) is 12.8. The van der Waals surface area contributed by atoms with Crippen molar-refractivity contribution in [2.24, 2.45) is 0 Å². The molecule has 0 aromatic heterocycles. The molecule has 0 bridgehead atoms. The molecule has 0 saturated carbocycles. The first-order chi connectivity index (χ1) is 5.95. The van der Waals surface area contributed by atoms with E-state index in [1.807, 2.05) is 0 Å². The molecule has 2 N–H and O–H groups in total. The van der Waals surface area contributed by atoms with Crippen LogP contribution in [0.5, 0.6) is 0 Å². The first-order valence-corrected chi connectivity index (χ1v) is 6.67. The van der Waals surface area contributed by atoms with Crippen molar-refractivity contribution in [3.8, 4) is 0 Å². The lowest BCUT2D eigenvalue weighted by atomic mass is 10.1. The summed E-state index contributed by atoms with van der Waals surface area (Å²) in [7, 11) is -3.03. The number of hydrogen-bond acceptors (Lipinski definition) is 3. The van der Waals surface area contributed by atoms with Crippen molar-refractivity contribution in [3.63, 3.8) is 0 Å². The molecule has 78 valence electrons. The zero-order valence-corrected chi connectivity index (χ0v) is 8.80. The number of rotatable bonds is 7. The van der Waals surface area contributed by atoms with E-state index in [1.165, 1.54) is 6.66 Å². The van der Waals surface area contributed by atoms with Crippen molar-refractivity contribution in [2.45, 2.75) is 25.7 Å². The van der Waals surface area contributed by atoms with Gasteiger partial charge in [-0.05, 0) is 12.8 Å². The van der Waals surface area contributed by atoms with E-state index in [1.54, 1.807) is 0 Å². The average Bonchev–Trinajstić information content (AvgIpc) is 2.00. The molecule has 0 aromatic rings. The summed E-state index contributed by atoms with van der Waals surface area (Å²) in [5, 5.41) is 8.44. The molecule has 5 heteroatoms. The molecule has 1 unspecified atom stereocenters. The van der Waals surface area contributed by atoms with Gasteiger partial charge < -0.3 is 10.00 Å². The molecule has 4 nitrogen and oxygen atoms in total. The molecule has 0 saturated heterocycles. The molecule has 0 rings (SSSR count). The van der Waals surface area contributed by atoms with Crippen molar-refractivity contribution in [3.05, 3.63) is 0 Å². The smallest absolute Gasteiger partial charge is 0.198 e. The summed E-state index contributed by atoms with van der Waals surface area (Å²) in [4.78, 5) is 20.0. The van der Waals surface area contributed by atoms with E-state index in [4.69, 9.17) is 10.00 Å². The van der Waals surface area contributed by atoms with Crippen LogP contribution < -0.4 is 0 Å². The Labute approximate surface area is 78.4 Å². The Balaban J connectivity index is 3.47. The molecule has 0 aliphatic rings. The van der Waals surface area contributed by atoms with Gasteiger partial charge in [0.05, 0.1) is 0 Å². The van der Waals surface area contributed by atoms with E-state index >= 15 is 0 Å². The molecule has 0 aliphatic heterocycles. The third-order valence-corrected chi connectivity index (χ3v) is 2.72. The topological polar surface area (TPSA) is 74.6 Å². The predicted molar refractivity (Wildman–Crippen MR) is 51.2 cm³/mol. The van der Waals surface area contributed by atoms with E-state index in [0.717, 1.165) is 0 Å². The Bertz CT molecular complexity index is 196. The zero-order valence-electron chi connectivity index (χ0n) is 7.90. The van der Waals surface area contributed by atoms with Gasteiger partial charge in [-0.15, -0.1) is 0 Å². The largest absolute Gasteiger partial charge is 0.396 e. The predicted octanol–water partition coefficient (Wildman–Crippen LogP) is 1.01. The van der Waals surface area contributed by atoms with Crippen LogP contribution in [-0.2, 0) is 9.36 Å². The maximum atomic E-state index is 11.1. The Morgan fingerprint density at radius 1 is 1.31 bits per heavy atom. The standard InChI is InChI=1S/C8H17O4P/c1-13(11,12)7-5-8(10)4-2-3-6-9/h9H,2-7H2,1H3,(H,11,12). The van der Waals surface area contributed by atoms with Crippen molar-refractivity contribution in [1.29, 1.82) is 0 Å². The van der Waals surface area contributed by atoms with E-state index in [9.17, 15) is 9.36 Å². The van der Waals surface area contributed by atoms with Crippen LogP contribution in [0.2, 0.25) is 0 Å². The van der Waals surface area contributed by atoms with Crippen LogP contribution in [0.1, 0.15) is 25.7 Å². The van der Waals surface area contributed by atoms with Crippen molar-refractivity contribution < 1.29 is 19.4 Å². The second-order valence-corrected chi connectivity index (χ2v) is 5.79. The van der Waals surface area contributed by atoms with Crippen LogP contribution >= 0.6 is 7.37 Å². The lowest BCUT2D eigenvalue weighted by Gasteiger charge is -2.03. The van der Waals surface area contributed by atoms with Gasteiger partial charge >= 0.3 is 0 Å². The number of ketones is 1. The summed E-state index contributed by atoms with van der Waals surface area (Å²) in [5.74, 6) is 0.00424. The summed E-state index contributed by atoms with van der Waals surface area (Å²) in [6.45, 7) is 1.35. The Morgan fingerprint density at radius 3 is 2.38 bits per heavy atom. The average molecular weight is 208 g/mol.